The van der Waals surface area contributed by atoms with Gasteiger partial charge in [0, 0.05) is 0 Å². The number of aliphatic hydroxyl groups is 2. The van der Waals surface area contributed by atoms with E-state index in [4.69, 9.17) is 9.22 Å². The van der Waals surface area contributed by atoms with Gasteiger partial charge in [-0.3, -0.25) is 0 Å². The van der Waals surface area contributed by atoms with Crippen LogP contribution in [-0.2, 0) is 4.12 Å². The van der Waals surface area contributed by atoms with Crippen LogP contribution in [0.4, 0.5) is 0 Å². The first-order chi connectivity index (χ1) is 10.9. The minimum Gasteiger partial charge on any atom is -0.455 e. The summed E-state index contributed by atoms with van der Waals surface area (Å²) in [7, 11) is 9.06. The topological polar surface area (TPSA) is 49.7 Å². The molecule has 0 aliphatic heterocycles. The highest BCUT2D eigenvalue weighted by Gasteiger charge is 2.33. The van der Waals surface area contributed by atoms with Crippen LogP contribution in [0.5, 0.6) is 0 Å². The van der Waals surface area contributed by atoms with Gasteiger partial charge in [0.2, 0.25) is 0 Å². The molecular weight excluding hydrogens is 348 g/mol. The molecule has 0 heterocycles. The lowest BCUT2D eigenvalue weighted by atomic mass is 10.2. The fraction of sp³-hybridized carbons (Fsp3) is 1.00. The van der Waals surface area contributed by atoms with E-state index in [0.29, 0.717) is 4.48 Å². The monoisotopic (exact) mass is 396 g/mol. The lowest BCUT2D eigenvalue weighted by Crippen LogP contribution is -2.46. The highest BCUT2D eigenvalue weighted by molar-refractivity contribution is 6.84. The lowest BCUT2D eigenvalue weighted by Gasteiger charge is -2.35. The van der Waals surface area contributed by atoms with Crippen LogP contribution in [0.25, 0.3) is 0 Å². The quantitative estimate of drug-likeness (QED) is 0.339. The smallest absolute Gasteiger partial charge is 0.179 e. The van der Waals surface area contributed by atoms with Gasteiger partial charge in [0.15, 0.2) is 23.4 Å². The molecular formula is C18H48N2O3Si2+2. The van der Waals surface area contributed by atoms with Gasteiger partial charge in [-0.2, -0.15) is 0 Å². The van der Waals surface area contributed by atoms with Crippen LogP contribution >= 0.6 is 0 Å². The largest absolute Gasteiger partial charge is 0.455 e. The van der Waals surface area contributed by atoms with Gasteiger partial charge in [0.25, 0.3) is 0 Å². The molecule has 5 nitrogen and oxygen atoms in total. The second kappa shape index (κ2) is 11.2. The Morgan fingerprint density at radius 2 is 1.24 bits per heavy atom. The normalized spacial score (nSPS) is 14.8. The van der Waals surface area contributed by atoms with E-state index in [1.807, 2.05) is 21.1 Å². The molecule has 0 aromatic rings. The molecule has 0 spiro atoms. The van der Waals surface area contributed by atoms with E-state index in [-0.39, 0.29) is 12.8 Å². The number of quaternary nitrogens is 2. The van der Waals surface area contributed by atoms with Crippen molar-refractivity contribution in [2.24, 2.45) is 0 Å². The Bertz CT molecular complexity index is 351. The summed E-state index contributed by atoms with van der Waals surface area (Å²) < 4.78 is 7.95. The first kappa shape index (κ1) is 27.5. The van der Waals surface area contributed by atoms with Gasteiger partial charge in [0.1, 0.15) is 12.6 Å². The molecule has 0 aromatic heterocycles. The standard InChI is InChI=1S/C14H36NO2Si2.C4H12NO/c1-9-11-18(5,6)17-19(7,8)12-10-14(16)13-15(2,3)4;1-5(2,3)4-6/h14,16H,9-13H2,1-8H3;6H,4H2,1-3H3/q2*+1. The Labute approximate surface area is 160 Å². The van der Waals surface area contributed by atoms with E-state index >= 15 is 0 Å². The molecule has 0 amide bonds. The molecule has 0 aromatic carbocycles. The Morgan fingerprint density at radius 3 is 1.56 bits per heavy atom. The van der Waals surface area contributed by atoms with E-state index in [0.717, 1.165) is 23.5 Å². The van der Waals surface area contributed by atoms with E-state index in [2.05, 4.69) is 54.3 Å². The van der Waals surface area contributed by atoms with Gasteiger partial charge in [-0.05, 0) is 44.7 Å². The fourth-order valence-corrected chi connectivity index (χ4v) is 11.7. The van der Waals surface area contributed by atoms with Crippen LogP contribution in [0.2, 0.25) is 38.3 Å². The van der Waals surface area contributed by atoms with Crippen LogP contribution in [0.3, 0.4) is 0 Å². The van der Waals surface area contributed by atoms with Gasteiger partial charge in [-0.25, -0.2) is 0 Å². The second-order valence-electron chi connectivity index (χ2n) is 10.5. The Kier molecular flexibility index (Phi) is 12.3. The Hall–Kier alpha value is 0.234. The first-order valence-electron chi connectivity index (χ1n) is 9.53. The minimum absolute atomic E-state index is 0.202. The van der Waals surface area contributed by atoms with Crippen LogP contribution in [0.1, 0.15) is 19.8 Å². The molecule has 1 atom stereocenters. The number of nitrogens with zero attached hydrogens (tertiary/aromatic N) is 2. The molecule has 0 bridgehead atoms. The van der Waals surface area contributed by atoms with E-state index in [1.54, 1.807) is 0 Å². The second-order valence-corrected chi connectivity index (χ2v) is 19.3. The zero-order chi connectivity index (χ0) is 20.5. The molecule has 0 saturated heterocycles. The molecule has 0 fully saturated rings. The summed E-state index contributed by atoms with van der Waals surface area (Å²) in [4.78, 5) is 0. The van der Waals surface area contributed by atoms with E-state index in [1.165, 1.54) is 12.5 Å². The molecule has 7 heteroatoms. The average molecular weight is 397 g/mol. The van der Waals surface area contributed by atoms with Crippen molar-refractivity contribution in [1.82, 2.24) is 0 Å². The van der Waals surface area contributed by atoms with E-state index < -0.39 is 16.6 Å². The van der Waals surface area contributed by atoms with Crippen LogP contribution in [0.15, 0.2) is 0 Å². The van der Waals surface area contributed by atoms with Crippen molar-refractivity contribution in [3.8, 4) is 0 Å². The SMILES string of the molecule is CCC[Si](C)(C)O[Si](C)(C)CCC(O)C[N+](C)(C)C.C[N+](C)(C)CO. The van der Waals surface area contributed by atoms with Gasteiger partial charge in [0.05, 0.1) is 42.3 Å². The molecule has 1 unspecified atom stereocenters. The van der Waals surface area contributed by atoms with Crippen LogP contribution in [-0.4, -0.2) is 97.5 Å². The molecule has 0 saturated carbocycles. The highest BCUT2D eigenvalue weighted by atomic mass is 28.4. The van der Waals surface area contributed by atoms with Crippen molar-refractivity contribution in [2.75, 3.05) is 55.6 Å². The molecule has 0 aliphatic carbocycles. The number of rotatable bonds is 10. The van der Waals surface area contributed by atoms with Crippen molar-refractivity contribution in [1.29, 1.82) is 0 Å². The Morgan fingerprint density at radius 1 is 0.840 bits per heavy atom. The summed E-state index contributed by atoms with van der Waals surface area (Å²) in [6.45, 7) is 12.5. The maximum Gasteiger partial charge on any atom is 0.179 e. The molecule has 0 radical (unpaired) electrons. The van der Waals surface area contributed by atoms with Crippen molar-refractivity contribution in [3.63, 3.8) is 0 Å². The predicted octanol–water partition coefficient (Wildman–Crippen LogP) is 2.92. The summed E-state index contributed by atoms with van der Waals surface area (Å²) in [6.07, 6.45) is 1.89. The lowest BCUT2D eigenvalue weighted by molar-refractivity contribution is -0.889. The van der Waals surface area contributed by atoms with Crippen molar-refractivity contribution in [2.45, 2.75) is 64.1 Å². The predicted molar refractivity (Wildman–Crippen MR) is 115 cm³/mol. The summed E-state index contributed by atoms with van der Waals surface area (Å²) in [5.41, 5.74) is 0. The molecule has 154 valence electrons. The third kappa shape index (κ3) is 20.4. The maximum atomic E-state index is 10.1. The summed E-state index contributed by atoms with van der Waals surface area (Å²) in [6, 6.07) is 2.30. The summed E-state index contributed by atoms with van der Waals surface area (Å²) >= 11 is 0. The van der Waals surface area contributed by atoms with Gasteiger partial charge >= 0.3 is 0 Å². The number of aliphatic hydroxyl groups excluding tert-OH is 2. The first-order valence-corrected chi connectivity index (χ1v) is 15.8. The third-order valence-electron chi connectivity index (χ3n) is 3.67. The average Bonchev–Trinajstić information content (AvgIpc) is 2.33. The molecule has 25 heavy (non-hydrogen) atoms. The highest BCUT2D eigenvalue weighted by Crippen LogP contribution is 2.24. The molecule has 0 aliphatic rings. The van der Waals surface area contributed by atoms with Gasteiger partial charge in [-0.15, -0.1) is 0 Å². The number of hydrogen-bond acceptors (Lipinski definition) is 3. The van der Waals surface area contributed by atoms with Gasteiger partial charge in [-0.1, -0.05) is 13.3 Å². The molecule has 0 rings (SSSR count). The molecule has 2 N–H and O–H groups in total. The number of hydrogen-bond donors (Lipinski definition) is 2. The summed E-state index contributed by atoms with van der Waals surface area (Å²) in [5.74, 6) is 0. The minimum atomic E-state index is -1.62. The number of likely N-dealkylation sites (N-methyl/N-ethyl adjacent to an activating group) is 1. The van der Waals surface area contributed by atoms with Gasteiger partial charge < -0.3 is 23.3 Å². The third-order valence-corrected chi connectivity index (χ3v) is 11.3. The van der Waals surface area contributed by atoms with Crippen LogP contribution < -0.4 is 0 Å². The van der Waals surface area contributed by atoms with E-state index in [9.17, 15) is 5.11 Å². The van der Waals surface area contributed by atoms with Crippen molar-refractivity contribution >= 4 is 16.6 Å². The summed E-state index contributed by atoms with van der Waals surface area (Å²) in [5, 5.41) is 18.5. The van der Waals surface area contributed by atoms with Crippen molar-refractivity contribution in [3.05, 3.63) is 0 Å². The Balaban J connectivity index is 0. The van der Waals surface area contributed by atoms with Crippen LogP contribution in [0, 0.1) is 0 Å². The maximum absolute atomic E-state index is 10.1. The van der Waals surface area contributed by atoms with Crippen molar-refractivity contribution < 1.29 is 23.3 Å². The fourth-order valence-electron chi connectivity index (χ4n) is 2.69. The zero-order valence-electron chi connectivity index (χ0n) is 19.0. The zero-order valence-corrected chi connectivity index (χ0v) is 21.0.